The second-order valence-corrected chi connectivity index (χ2v) is 9.21. The van der Waals surface area contributed by atoms with E-state index in [0.29, 0.717) is 18.5 Å². The van der Waals surface area contributed by atoms with Gasteiger partial charge in [0.25, 0.3) is 0 Å². The lowest BCUT2D eigenvalue weighted by Crippen LogP contribution is -2.50. The van der Waals surface area contributed by atoms with Crippen LogP contribution in [-0.2, 0) is 9.84 Å². The first-order valence-corrected chi connectivity index (χ1v) is 9.21. The number of rotatable bonds is 4. The molecule has 6 heteroatoms. The molecule has 0 spiro atoms. The van der Waals surface area contributed by atoms with Crippen molar-refractivity contribution in [3.63, 3.8) is 0 Å². The van der Waals surface area contributed by atoms with Crippen molar-refractivity contribution in [2.75, 3.05) is 19.8 Å². The van der Waals surface area contributed by atoms with Crippen LogP contribution in [0.1, 0.15) is 46.5 Å². The Morgan fingerprint density at radius 3 is 2.25 bits per heavy atom. The van der Waals surface area contributed by atoms with Gasteiger partial charge in [-0.15, -0.1) is 0 Å². The van der Waals surface area contributed by atoms with Gasteiger partial charge in [-0.25, -0.2) is 8.42 Å². The predicted octanol–water partition coefficient (Wildman–Crippen LogP) is 1.55. The van der Waals surface area contributed by atoms with E-state index in [1.54, 1.807) is 20.9 Å². The maximum atomic E-state index is 11.7. The predicted molar refractivity (Wildman–Crippen MR) is 84.8 cm³/mol. The second-order valence-electron chi connectivity index (χ2n) is 6.56. The van der Waals surface area contributed by atoms with Crippen LogP contribution in [0.15, 0.2) is 4.99 Å². The number of aliphatic imine (C=N–C) groups is 1. The van der Waals surface area contributed by atoms with Gasteiger partial charge in [-0.2, -0.15) is 0 Å². The first-order chi connectivity index (χ1) is 9.15. The van der Waals surface area contributed by atoms with E-state index in [1.807, 2.05) is 0 Å². The highest BCUT2D eigenvalue weighted by atomic mass is 32.2. The Morgan fingerprint density at radius 2 is 1.80 bits per heavy atom. The Kier molecular flexibility index (Phi) is 5.86. The summed E-state index contributed by atoms with van der Waals surface area (Å²) in [5.74, 6) is 1.51. The quantitative estimate of drug-likeness (QED) is 0.611. The highest BCUT2D eigenvalue weighted by Crippen LogP contribution is 2.23. The monoisotopic (exact) mass is 303 g/mol. The van der Waals surface area contributed by atoms with Crippen LogP contribution in [0.5, 0.6) is 0 Å². The lowest BCUT2D eigenvalue weighted by molar-refractivity contribution is 0.329. The number of hydrogen-bond donors (Lipinski definition) is 2. The number of nitrogens with one attached hydrogen (secondary N) is 2. The molecule has 0 saturated heterocycles. The third-order valence-electron chi connectivity index (χ3n) is 4.27. The van der Waals surface area contributed by atoms with Crippen molar-refractivity contribution in [1.29, 1.82) is 0 Å². The molecule has 1 aliphatic carbocycles. The number of hydrogen-bond acceptors (Lipinski definition) is 3. The number of nitrogens with zero attached hydrogens (tertiary/aromatic N) is 1. The van der Waals surface area contributed by atoms with Crippen molar-refractivity contribution >= 4 is 15.8 Å². The zero-order chi connectivity index (χ0) is 15.4. The van der Waals surface area contributed by atoms with Crippen LogP contribution < -0.4 is 10.6 Å². The summed E-state index contributed by atoms with van der Waals surface area (Å²) in [4.78, 5) is 4.19. The fourth-order valence-corrected chi connectivity index (χ4v) is 2.55. The van der Waals surface area contributed by atoms with E-state index >= 15 is 0 Å². The Bertz CT molecular complexity index is 435. The Balaban J connectivity index is 2.49. The normalized spacial score (nSPS) is 25.4. The zero-order valence-corrected chi connectivity index (χ0v) is 14.2. The minimum Gasteiger partial charge on any atom is -0.355 e. The van der Waals surface area contributed by atoms with Crippen LogP contribution in [0.25, 0.3) is 0 Å². The fourth-order valence-electron chi connectivity index (χ4n) is 2.22. The van der Waals surface area contributed by atoms with Gasteiger partial charge in [0.1, 0.15) is 0 Å². The molecule has 0 heterocycles. The maximum Gasteiger partial charge on any atom is 0.191 e. The lowest BCUT2D eigenvalue weighted by atomic mass is 9.87. The largest absolute Gasteiger partial charge is 0.355 e. The van der Waals surface area contributed by atoms with E-state index in [4.69, 9.17) is 0 Å². The second kappa shape index (κ2) is 6.78. The van der Waals surface area contributed by atoms with Crippen LogP contribution in [0.3, 0.4) is 0 Å². The van der Waals surface area contributed by atoms with E-state index in [9.17, 15) is 8.42 Å². The molecule has 2 N–H and O–H groups in total. The summed E-state index contributed by atoms with van der Waals surface area (Å²) in [7, 11) is -1.38. The summed E-state index contributed by atoms with van der Waals surface area (Å²) in [6, 6.07) is 0.443. The van der Waals surface area contributed by atoms with Crippen molar-refractivity contribution in [2.24, 2.45) is 10.9 Å². The van der Waals surface area contributed by atoms with Crippen molar-refractivity contribution in [3.8, 4) is 0 Å². The molecule has 0 aromatic rings. The van der Waals surface area contributed by atoms with Crippen LogP contribution >= 0.6 is 0 Å². The summed E-state index contributed by atoms with van der Waals surface area (Å²) in [5.41, 5.74) is 0. The molecule has 118 valence electrons. The molecule has 0 atom stereocenters. The standard InChI is InChI=1S/C14H29N3O2S/c1-11-6-8-12(9-7-11)17-13(15-4)16-10-14(2,3)20(5,18)19/h11-12H,6-10H2,1-5H3,(H2,15,16,17). The minimum absolute atomic E-state index is 0.356. The van der Waals surface area contributed by atoms with E-state index in [2.05, 4.69) is 22.5 Å². The molecule has 0 aromatic carbocycles. The number of guanidine groups is 1. The number of sulfone groups is 1. The van der Waals surface area contributed by atoms with Gasteiger partial charge in [-0.3, -0.25) is 4.99 Å². The average molecular weight is 303 g/mol. The highest BCUT2D eigenvalue weighted by Gasteiger charge is 2.30. The van der Waals surface area contributed by atoms with E-state index in [-0.39, 0.29) is 0 Å². The Morgan fingerprint density at radius 1 is 1.25 bits per heavy atom. The van der Waals surface area contributed by atoms with Crippen molar-refractivity contribution in [2.45, 2.75) is 57.2 Å². The van der Waals surface area contributed by atoms with Crippen LogP contribution in [0.4, 0.5) is 0 Å². The van der Waals surface area contributed by atoms with Gasteiger partial charge in [0.05, 0.1) is 4.75 Å². The smallest absolute Gasteiger partial charge is 0.191 e. The van der Waals surface area contributed by atoms with Gasteiger partial charge in [-0.1, -0.05) is 6.92 Å². The molecule has 0 unspecified atom stereocenters. The molecule has 0 aliphatic heterocycles. The van der Waals surface area contributed by atoms with Gasteiger partial charge in [0, 0.05) is 25.9 Å². The summed E-state index contributed by atoms with van der Waals surface area (Å²) in [6.45, 7) is 6.10. The highest BCUT2D eigenvalue weighted by molar-refractivity contribution is 7.92. The van der Waals surface area contributed by atoms with Gasteiger partial charge < -0.3 is 10.6 Å². The molecule has 1 saturated carbocycles. The van der Waals surface area contributed by atoms with Gasteiger partial charge >= 0.3 is 0 Å². The molecular weight excluding hydrogens is 274 g/mol. The Hall–Kier alpha value is -0.780. The molecule has 1 aliphatic rings. The molecule has 0 bridgehead atoms. The molecule has 20 heavy (non-hydrogen) atoms. The third-order valence-corrected chi connectivity index (χ3v) is 6.42. The van der Waals surface area contributed by atoms with Gasteiger partial charge in [-0.05, 0) is 45.4 Å². The first-order valence-electron chi connectivity index (χ1n) is 7.32. The summed E-state index contributed by atoms with van der Waals surface area (Å²) in [6.07, 6.45) is 6.05. The maximum absolute atomic E-state index is 11.7. The molecule has 1 fully saturated rings. The van der Waals surface area contributed by atoms with Gasteiger partial charge in [0.15, 0.2) is 15.8 Å². The summed E-state index contributed by atoms with van der Waals surface area (Å²) < 4.78 is 22.6. The van der Waals surface area contributed by atoms with Gasteiger partial charge in [0.2, 0.25) is 0 Å². The molecule has 0 aromatic heterocycles. The topological polar surface area (TPSA) is 70.6 Å². The first kappa shape index (κ1) is 17.3. The van der Waals surface area contributed by atoms with E-state index < -0.39 is 14.6 Å². The van der Waals surface area contributed by atoms with Crippen molar-refractivity contribution < 1.29 is 8.42 Å². The zero-order valence-electron chi connectivity index (χ0n) is 13.4. The van der Waals surface area contributed by atoms with E-state index in [1.165, 1.54) is 19.1 Å². The molecule has 0 radical (unpaired) electrons. The van der Waals surface area contributed by atoms with Crippen molar-refractivity contribution in [1.82, 2.24) is 10.6 Å². The van der Waals surface area contributed by atoms with Crippen LogP contribution in [-0.4, -0.2) is 45.0 Å². The molecule has 5 nitrogen and oxygen atoms in total. The molecule has 0 amide bonds. The van der Waals surface area contributed by atoms with Crippen LogP contribution in [0, 0.1) is 5.92 Å². The summed E-state index contributed by atoms with van der Waals surface area (Å²) >= 11 is 0. The van der Waals surface area contributed by atoms with Crippen LogP contribution in [0.2, 0.25) is 0 Å². The molecular formula is C14H29N3O2S. The Labute approximate surface area is 123 Å². The fraction of sp³-hybridized carbons (Fsp3) is 0.929. The van der Waals surface area contributed by atoms with E-state index in [0.717, 1.165) is 18.8 Å². The lowest BCUT2D eigenvalue weighted by Gasteiger charge is -2.29. The third kappa shape index (κ3) is 4.96. The molecule has 1 rings (SSSR count). The SMILES string of the molecule is CN=C(NCC(C)(C)S(C)(=O)=O)NC1CCC(C)CC1. The average Bonchev–Trinajstić information content (AvgIpc) is 2.35. The van der Waals surface area contributed by atoms with Crippen molar-refractivity contribution in [3.05, 3.63) is 0 Å². The summed E-state index contributed by atoms with van der Waals surface area (Å²) in [5, 5.41) is 6.53. The minimum atomic E-state index is -3.09.